The second-order valence-corrected chi connectivity index (χ2v) is 8.98. The van der Waals surface area contributed by atoms with Crippen molar-refractivity contribution in [2.45, 2.75) is 0 Å². The summed E-state index contributed by atoms with van der Waals surface area (Å²) in [5.41, 5.74) is 11.2. The third-order valence-electron chi connectivity index (χ3n) is 6.62. The zero-order valence-electron chi connectivity index (χ0n) is 20.5. The molecule has 175 valence electrons. The second-order valence-electron chi connectivity index (χ2n) is 8.98. The van der Waals surface area contributed by atoms with E-state index in [2.05, 4.69) is 158 Å². The van der Waals surface area contributed by atoms with Gasteiger partial charge in [-0.2, -0.15) is 0 Å². The van der Waals surface area contributed by atoms with Crippen LogP contribution in [0.1, 0.15) is 0 Å². The van der Waals surface area contributed by atoms with Crippen LogP contribution in [0.15, 0.2) is 158 Å². The highest BCUT2D eigenvalue weighted by Crippen LogP contribution is 2.43. The Balaban J connectivity index is 1.56. The third-order valence-corrected chi connectivity index (χ3v) is 6.62. The van der Waals surface area contributed by atoms with Crippen LogP contribution < -0.4 is 5.32 Å². The van der Waals surface area contributed by atoms with E-state index in [1.807, 2.05) is 0 Å². The van der Waals surface area contributed by atoms with Crippen LogP contribution in [0, 0.1) is 0 Å². The van der Waals surface area contributed by atoms with Gasteiger partial charge in [0.1, 0.15) is 0 Å². The number of hydrogen-bond acceptors (Lipinski definition) is 0. The molecule has 0 fully saturated rings. The van der Waals surface area contributed by atoms with Gasteiger partial charge in [-0.1, -0.05) is 146 Å². The summed E-state index contributed by atoms with van der Waals surface area (Å²) in [7, 11) is 0. The molecular formula is C36H26N. The second kappa shape index (κ2) is 10.4. The van der Waals surface area contributed by atoms with Crippen LogP contribution >= 0.6 is 0 Å². The van der Waals surface area contributed by atoms with Gasteiger partial charge < -0.3 is 0 Å². The van der Waals surface area contributed by atoms with E-state index < -0.39 is 0 Å². The van der Waals surface area contributed by atoms with Crippen LogP contribution in [0.3, 0.4) is 0 Å². The minimum absolute atomic E-state index is 0.954. The van der Waals surface area contributed by atoms with Crippen molar-refractivity contribution in [1.82, 2.24) is 5.32 Å². The topological polar surface area (TPSA) is 14.1 Å². The third kappa shape index (κ3) is 4.68. The predicted molar refractivity (Wildman–Crippen MR) is 156 cm³/mol. The van der Waals surface area contributed by atoms with Crippen molar-refractivity contribution in [2.24, 2.45) is 0 Å². The molecule has 0 aromatic heterocycles. The minimum Gasteiger partial charge on any atom is -0.248 e. The molecule has 0 aliphatic heterocycles. The molecule has 0 atom stereocenters. The van der Waals surface area contributed by atoms with Crippen molar-refractivity contribution < 1.29 is 0 Å². The lowest BCUT2D eigenvalue weighted by Gasteiger charge is -2.19. The van der Waals surface area contributed by atoms with Crippen LogP contribution in [0.5, 0.6) is 0 Å². The average Bonchev–Trinajstić information content (AvgIpc) is 2.99. The summed E-state index contributed by atoms with van der Waals surface area (Å²) in [6.45, 7) is 0. The van der Waals surface area contributed by atoms with Gasteiger partial charge in [-0.15, -0.1) is 0 Å². The summed E-state index contributed by atoms with van der Waals surface area (Å²) >= 11 is 0. The van der Waals surface area contributed by atoms with Crippen molar-refractivity contribution >= 4 is 11.4 Å². The Kier molecular flexibility index (Phi) is 6.34. The van der Waals surface area contributed by atoms with E-state index in [1.165, 1.54) is 22.3 Å². The lowest BCUT2D eigenvalue weighted by Crippen LogP contribution is -1.98. The van der Waals surface area contributed by atoms with Crippen molar-refractivity contribution in [1.29, 1.82) is 0 Å². The molecule has 6 aromatic rings. The monoisotopic (exact) mass is 472 g/mol. The van der Waals surface area contributed by atoms with Crippen LogP contribution in [-0.4, -0.2) is 0 Å². The van der Waals surface area contributed by atoms with E-state index in [4.69, 9.17) is 5.32 Å². The Morgan fingerprint density at radius 2 is 0.595 bits per heavy atom. The van der Waals surface area contributed by atoms with Gasteiger partial charge in [-0.3, -0.25) is 0 Å². The van der Waals surface area contributed by atoms with Gasteiger partial charge in [0, 0.05) is 11.1 Å². The first kappa shape index (κ1) is 22.6. The van der Waals surface area contributed by atoms with Crippen molar-refractivity contribution in [3.8, 4) is 44.5 Å². The first-order valence-corrected chi connectivity index (χ1v) is 12.6. The molecule has 6 rings (SSSR count). The van der Waals surface area contributed by atoms with Crippen LogP contribution in [0.4, 0.5) is 11.4 Å². The first-order chi connectivity index (χ1) is 18.4. The Labute approximate surface area is 218 Å². The number of benzene rings is 6. The van der Waals surface area contributed by atoms with E-state index in [0.29, 0.717) is 0 Å². The highest BCUT2D eigenvalue weighted by atomic mass is 14.9. The summed E-state index contributed by atoms with van der Waals surface area (Å²) in [5.74, 6) is 0. The smallest absolute Gasteiger partial charge is 0.0721 e. The first-order valence-electron chi connectivity index (χ1n) is 12.6. The molecule has 6 aromatic carbocycles. The fraction of sp³-hybridized carbons (Fsp3) is 0. The van der Waals surface area contributed by atoms with Gasteiger partial charge >= 0.3 is 0 Å². The van der Waals surface area contributed by atoms with Crippen molar-refractivity contribution in [3.63, 3.8) is 0 Å². The predicted octanol–water partition coefficient (Wildman–Crippen LogP) is 9.92. The SMILES string of the molecule is c1ccc(-c2cccc([N]c3cccc(-c4ccccc4)c3-c3ccccc3)c2-c2ccccc2)cc1. The average molecular weight is 473 g/mol. The van der Waals surface area contributed by atoms with Gasteiger partial charge in [0.05, 0.1) is 11.4 Å². The normalized spacial score (nSPS) is 10.7. The van der Waals surface area contributed by atoms with Gasteiger partial charge in [0.15, 0.2) is 0 Å². The molecule has 0 heterocycles. The maximum absolute atomic E-state index is 5.37. The standard InChI is InChI=1S/C36H26N/c1-5-15-27(16-6-1)31-23-13-25-33(35(31)29-19-9-3-10-20-29)37-34-26-14-24-32(28-17-7-2-8-18-28)36(34)30-21-11-4-12-22-30/h1-26H. The molecule has 0 N–H and O–H groups in total. The zero-order valence-corrected chi connectivity index (χ0v) is 20.5. The van der Waals surface area contributed by atoms with Crippen molar-refractivity contribution in [2.75, 3.05) is 0 Å². The molecule has 1 radical (unpaired) electrons. The highest BCUT2D eigenvalue weighted by molar-refractivity contribution is 5.95. The van der Waals surface area contributed by atoms with E-state index in [1.54, 1.807) is 0 Å². The van der Waals surface area contributed by atoms with Crippen LogP contribution in [-0.2, 0) is 0 Å². The summed E-state index contributed by atoms with van der Waals surface area (Å²) < 4.78 is 0. The Hall–Kier alpha value is -4.88. The van der Waals surface area contributed by atoms with Crippen LogP contribution in [0.2, 0.25) is 0 Å². The molecule has 0 aliphatic rings. The molecule has 0 aliphatic carbocycles. The van der Waals surface area contributed by atoms with Gasteiger partial charge in [0.25, 0.3) is 0 Å². The lowest BCUT2D eigenvalue weighted by atomic mass is 9.91. The molecule has 0 unspecified atom stereocenters. The quantitative estimate of drug-likeness (QED) is 0.229. The van der Waals surface area contributed by atoms with E-state index in [0.717, 1.165) is 33.6 Å². The van der Waals surface area contributed by atoms with Gasteiger partial charge in [-0.25, -0.2) is 5.32 Å². The highest BCUT2D eigenvalue weighted by Gasteiger charge is 2.18. The Bertz CT molecular complexity index is 1480. The number of rotatable bonds is 6. The number of hydrogen-bond donors (Lipinski definition) is 0. The molecule has 0 amide bonds. The van der Waals surface area contributed by atoms with E-state index >= 15 is 0 Å². The number of nitrogens with zero attached hydrogens (tertiary/aromatic N) is 1. The largest absolute Gasteiger partial charge is 0.248 e. The maximum atomic E-state index is 5.37. The summed E-state index contributed by atoms with van der Waals surface area (Å²) in [5, 5.41) is 5.37. The minimum atomic E-state index is 0.954. The molecule has 1 nitrogen and oxygen atoms in total. The fourth-order valence-corrected chi connectivity index (χ4v) is 4.93. The summed E-state index contributed by atoms with van der Waals surface area (Å²) in [4.78, 5) is 0. The van der Waals surface area contributed by atoms with Gasteiger partial charge in [0.2, 0.25) is 0 Å². The Morgan fingerprint density at radius 3 is 0.946 bits per heavy atom. The molecule has 0 spiro atoms. The van der Waals surface area contributed by atoms with E-state index in [-0.39, 0.29) is 0 Å². The van der Waals surface area contributed by atoms with E-state index in [9.17, 15) is 0 Å². The lowest BCUT2D eigenvalue weighted by molar-refractivity contribution is 1.19. The molecule has 0 saturated carbocycles. The summed E-state index contributed by atoms with van der Waals surface area (Å²) in [6, 6.07) is 55.1. The summed E-state index contributed by atoms with van der Waals surface area (Å²) in [6.07, 6.45) is 0. The fourth-order valence-electron chi connectivity index (χ4n) is 4.93. The molecule has 1 heteroatoms. The Morgan fingerprint density at radius 1 is 0.270 bits per heavy atom. The zero-order chi connectivity index (χ0) is 24.9. The maximum Gasteiger partial charge on any atom is 0.0721 e. The molecule has 0 saturated heterocycles. The molecular weight excluding hydrogens is 446 g/mol. The van der Waals surface area contributed by atoms with Crippen LogP contribution in [0.25, 0.3) is 44.5 Å². The van der Waals surface area contributed by atoms with Crippen molar-refractivity contribution in [3.05, 3.63) is 158 Å². The van der Waals surface area contributed by atoms with Gasteiger partial charge in [-0.05, 0) is 45.5 Å². The molecule has 0 bridgehead atoms. The molecule has 37 heavy (non-hydrogen) atoms.